The van der Waals surface area contributed by atoms with E-state index in [9.17, 15) is 5.11 Å². The van der Waals surface area contributed by atoms with E-state index in [1.165, 1.54) is 32.1 Å². The Morgan fingerprint density at radius 1 is 1.31 bits per heavy atom. The third-order valence-corrected chi connectivity index (χ3v) is 3.38. The Hall–Kier alpha value is 0.0969. The number of nitrogens with one attached hydrogen (secondary N) is 1. The minimum atomic E-state index is -0.364. The highest BCUT2D eigenvalue weighted by atomic mass is 28.1. The Kier molecular flexibility index (Phi) is 8.11. The number of aliphatic hydroxyl groups is 1. The maximum Gasteiger partial charge on any atom is 0.0897 e. The van der Waals surface area contributed by atoms with Crippen molar-refractivity contribution in [1.82, 2.24) is 5.32 Å². The molecule has 0 amide bonds. The molecule has 4 heteroatoms. The van der Waals surface area contributed by atoms with Gasteiger partial charge in [0, 0.05) is 29.4 Å². The second-order valence-electron chi connectivity index (χ2n) is 4.58. The molecule has 0 aliphatic heterocycles. The summed E-state index contributed by atoms with van der Waals surface area (Å²) in [5, 5.41) is 13.1. The predicted molar refractivity (Wildman–Crippen MR) is 66.9 cm³/mol. The molecule has 1 aliphatic carbocycles. The first kappa shape index (κ1) is 14.2. The minimum absolute atomic E-state index is 0.364. The zero-order valence-corrected chi connectivity index (χ0v) is 11.1. The van der Waals surface area contributed by atoms with Crippen LogP contribution >= 0.6 is 0 Å². The SMILES string of the molecule is OC(CNC1CCCCC1)COCCC[Si]. The van der Waals surface area contributed by atoms with Crippen LogP contribution in [-0.2, 0) is 4.74 Å². The molecule has 93 valence electrons. The third kappa shape index (κ3) is 6.63. The molecule has 1 saturated carbocycles. The van der Waals surface area contributed by atoms with Crippen molar-refractivity contribution in [2.75, 3.05) is 19.8 Å². The van der Waals surface area contributed by atoms with Gasteiger partial charge in [-0.3, -0.25) is 0 Å². The fourth-order valence-corrected chi connectivity index (χ4v) is 2.21. The quantitative estimate of drug-likeness (QED) is 0.497. The Morgan fingerprint density at radius 2 is 2.06 bits per heavy atom. The molecular formula is C12H24NO2Si. The maximum absolute atomic E-state index is 9.68. The fraction of sp³-hybridized carbons (Fsp3) is 1.00. The lowest BCUT2D eigenvalue weighted by Crippen LogP contribution is -2.38. The monoisotopic (exact) mass is 242 g/mol. The Balaban J connectivity index is 1.94. The van der Waals surface area contributed by atoms with Crippen LogP contribution in [0.4, 0.5) is 0 Å². The molecule has 1 fully saturated rings. The van der Waals surface area contributed by atoms with Crippen LogP contribution in [0.15, 0.2) is 0 Å². The van der Waals surface area contributed by atoms with Crippen LogP contribution in [0.1, 0.15) is 38.5 Å². The fourth-order valence-electron chi connectivity index (χ4n) is 2.06. The van der Waals surface area contributed by atoms with Gasteiger partial charge in [-0.25, -0.2) is 0 Å². The van der Waals surface area contributed by atoms with Gasteiger partial charge in [0.1, 0.15) is 0 Å². The second-order valence-corrected chi connectivity index (χ2v) is 5.08. The van der Waals surface area contributed by atoms with Gasteiger partial charge < -0.3 is 15.2 Å². The summed E-state index contributed by atoms with van der Waals surface area (Å²) in [4.78, 5) is 0. The molecule has 1 atom stereocenters. The first-order valence-electron chi connectivity index (χ1n) is 6.46. The van der Waals surface area contributed by atoms with Crippen LogP contribution in [0.2, 0.25) is 6.04 Å². The van der Waals surface area contributed by atoms with E-state index in [1.54, 1.807) is 0 Å². The summed E-state index contributed by atoms with van der Waals surface area (Å²) in [7, 11) is 3.39. The van der Waals surface area contributed by atoms with Crippen LogP contribution in [0.3, 0.4) is 0 Å². The molecule has 0 aromatic heterocycles. The lowest BCUT2D eigenvalue weighted by atomic mass is 9.95. The van der Waals surface area contributed by atoms with E-state index >= 15 is 0 Å². The first-order valence-corrected chi connectivity index (χ1v) is 7.17. The van der Waals surface area contributed by atoms with E-state index < -0.39 is 0 Å². The Bertz CT molecular complexity index is 163. The van der Waals surface area contributed by atoms with Crippen molar-refractivity contribution >= 4 is 10.2 Å². The van der Waals surface area contributed by atoms with Crippen LogP contribution in [0, 0.1) is 0 Å². The normalized spacial score (nSPS) is 19.9. The molecule has 0 heterocycles. The summed E-state index contributed by atoms with van der Waals surface area (Å²) >= 11 is 0. The molecule has 16 heavy (non-hydrogen) atoms. The first-order chi connectivity index (χ1) is 7.83. The van der Waals surface area contributed by atoms with Crippen LogP contribution in [-0.4, -0.2) is 47.3 Å². The molecule has 0 bridgehead atoms. The summed E-state index contributed by atoms with van der Waals surface area (Å²) in [5.41, 5.74) is 0. The van der Waals surface area contributed by atoms with Crippen molar-refractivity contribution in [2.24, 2.45) is 0 Å². The van der Waals surface area contributed by atoms with Crippen molar-refractivity contribution in [3.63, 3.8) is 0 Å². The van der Waals surface area contributed by atoms with Crippen molar-refractivity contribution in [3.05, 3.63) is 0 Å². The summed E-state index contributed by atoms with van der Waals surface area (Å²) < 4.78 is 5.35. The molecule has 1 rings (SSSR count). The highest BCUT2D eigenvalue weighted by Crippen LogP contribution is 2.17. The van der Waals surface area contributed by atoms with E-state index in [0.29, 0.717) is 19.2 Å². The lowest BCUT2D eigenvalue weighted by Gasteiger charge is -2.24. The average molecular weight is 242 g/mol. The highest BCUT2D eigenvalue weighted by Gasteiger charge is 2.14. The number of ether oxygens (including phenoxy) is 1. The Labute approximate surface area is 102 Å². The minimum Gasteiger partial charge on any atom is -0.389 e. The number of rotatable bonds is 8. The summed E-state index contributed by atoms with van der Waals surface area (Å²) in [6, 6.07) is 1.57. The van der Waals surface area contributed by atoms with Crippen LogP contribution in [0.5, 0.6) is 0 Å². The molecule has 0 aromatic carbocycles. The largest absolute Gasteiger partial charge is 0.389 e. The predicted octanol–water partition coefficient (Wildman–Crippen LogP) is 1.26. The topological polar surface area (TPSA) is 41.5 Å². The van der Waals surface area contributed by atoms with Crippen molar-refractivity contribution < 1.29 is 9.84 Å². The van der Waals surface area contributed by atoms with Gasteiger partial charge in [0.25, 0.3) is 0 Å². The van der Waals surface area contributed by atoms with Gasteiger partial charge >= 0.3 is 0 Å². The molecule has 1 aliphatic rings. The average Bonchev–Trinajstić information content (AvgIpc) is 2.33. The molecule has 0 aromatic rings. The molecule has 3 nitrogen and oxygen atoms in total. The summed E-state index contributed by atoms with van der Waals surface area (Å²) in [6.07, 6.45) is 7.19. The molecule has 0 saturated heterocycles. The second kappa shape index (κ2) is 9.16. The van der Waals surface area contributed by atoms with E-state index in [2.05, 4.69) is 15.6 Å². The highest BCUT2D eigenvalue weighted by molar-refractivity contribution is 6.08. The van der Waals surface area contributed by atoms with E-state index in [4.69, 9.17) is 4.74 Å². The van der Waals surface area contributed by atoms with Gasteiger partial charge in [0.15, 0.2) is 0 Å². The lowest BCUT2D eigenvalue weighted by molar-refractivity contribution is 0.0354. The molecule has 0 spiro atoms. The van der Waals surface area contributed by atoms with E-state index in [-0.39, 0.29) is 6.10 Å². The van der Waals surface area contributed by atoms with Crippen LogP contribution < -0.4 is 5.32 Å². The van der Waals surface area contributed by atoms with Gasteiger partial charge in [0.05, 0.1) is 12.7 Å². The summed E-state index contributed by atoms with van der Waals surface area (Å²) in [6.45, 7) is 1.84. The number of hydrogen-bond acceptors (Lipinski definition) is 3. The van der Waals surface area contributed by atoms with E-state index in [1.807, 2.05) is 0 Å². The molecule has 3 radical (unpaired) electrons. The van der Waals surface area contributed by atoms with Gasteiger partial charge in [-0.2, -0.15) is 0 Å². The van der Waals surface area contributed by atoms with Gasteiger partial charge in [0.2, 0.25) is 0 Å². The molecular weight excluding hydrogens is 218 g/mol. The Morgan fingerprint density at radius 3 is 2.75 bits per heavy atom. The number of aliphatic hydroxyl groups excluding tert-OH is 1. The smallest absolute Gasteiger partial charge is 0.0897 e. The zero-order chi connectivity index (χ0) is 11.6. The number of hydrogen-bond donors (Lipinski definition) is 2. The van der Waals surface area contributed by atoms with Gasteiger partial charge in [-0.1, -0.05) is 25.3 Å². The van der Waals surface area contributed by atoms with Crippen molar-refractivity contribution in [1.29, 1.82) is 0 Å². The standard InChI is InChI=1S/C12H24NO2Si/c14-12(10-15-7-4-8-16)9-13-11-5-2-1-3-6-11/h11-14H,1-10H2. The third-order valence-electron chi connectivity index (χ3n) is 3.02. The van der Waals surface area contributed by atoms with Crippen molar-refractivity contribution in [2.45, 2.75) is 56.7 Å². The van der Waals surface area contributed by atoms with E-state index in [0.717, 1.165) is 19.1 Å². The van der Waals surface area contributed by atoms with Gasteiger partial charge in [-0.05, 0) is 19.3 Å². The maximum atomic E-state index is 9.68. The molecule has 2 N–H and O–H groups in total. The summed E-state index contributed by atoms with van der Waals surface area (Å²) in [5.74, 6) is 0. The molecule has 1 unspecified atom stereocenters. The zero-order valence-electron chi connectivity index (χ0n) is 10.1. The van der Waals surface area contributed by atoms with Gasteiger partial charge in [-0.15, -0.1) is 0 Å². The van der Waals surface area contributed by atoms with Crippen LogP contribution in [0.25, 0.3) is 0 Å². The van der Waals surface area contributed by atoms with Crippen molar-refractivity contribution in [3.8, 4) is 0 Å².